The lowest BCUT2D eigenvalue weighted by Gasteiger charge is -2.40. The monoisotopic (exact) mass is 352 g/mol. The van der Waals surface area contributed by atoms with Gasteiger partial charge in [0.25, 0.3) is 5.91 Å². The molecule has 3 rings (SSSR count). The molecule has 0 spiro atoms. The van der Waals surface area contributed by atoms with Crippen LogP contribution in [-0.4, -0.2) is 58.0 Å². The summed E-state index contributed by atoms with van der Waals surface area (Å²) in [5, 5.41) is 9.75. The zero-order valence-electron chi connectivity index (χ0n) is 14.3. The summed E-state index contributed by atoms with van der Waals surface area (Å²) in [7, 11) is 0. The number of benzene rings is 1. The van der Waals surface area contributed by atoms with E-state index >= 15 is 0 Å². The van der Waals surface area contributed by atoms with Gasteiger partial charge >= 0.3 is 0 Å². The molecule has 3 atom stereocenters. The van der Waals surface area contributed by atoms with Gasteiger partial charge in [0.2, 0.25) is 5.91 Å². The third-order valence-corrected chi connectivity index (χ3v) is 5.43. The van der Waals surface area contributed by atoms with E-state index in [-0.39, 0.29) is 30.0 Å². The molecule has 1 N–H and O–H groups in total. The summed E-state index contributed by atoms with van der Waals surface area (Å²) >= 11 is 0. The van der Waals surface area contributed by atoms with Crippen LogP contribution >= 0.6 is 0 Å². The number of carbonyl (C=O) groups excluding carboxylic acids is 2. The third kappa shape index (κ3) is 3.01. The zero-order chi connectivity index (χ0) is 18.4. The number of piperidine rings is 1. The van der Waals surface area contributed by atoms with Crippen molar-refractivity contribution in [1.82, 2.24) is 9.80 Å². The molecule has 0 aromatic heterocycles. The van der Waals surface area contributed by atoms with Crippen molar-refractivity contribution >= 4 is 11.8 Å². The number of aliphatic hydroxyl groups excluding tert-OH is 1. The average molecular weight is 352 g/mol. The van der Waals surface area contributed by atoms with E-state index in [1.165, 1.54) is 11.8 Å². The molecular weight excluding hydrogens is 330 g/mol. The summed E-state index contributed by atoms with van der Waals surface area (Å²) in [6.07, 6.45) is 1.13. The molecule has 2 amide bonds. The van der Waals surface area contributed by atoms with E-state index in [1.54, 1.807) is 4.90 Å². The Balaban J connectivity index is 1.81. The van der Waals surface area contributed by atoms with Crippen LogP contribution in [0.2, 0.25) is 0 Å². The van der Waals surface area contributed by atoms with E-state index in [0.29, 0.717) is 25.9 Å². The summed E-state index contributed by atoms with van der Waals surface area (Å²) in [6.45, 7) is 3.90. The highest BCUT2D eigenvalue weighted by Crippen LogP contribution is 2.42. The molecule has 1 aromatic rings. The molecule has 0 aliphatic carbocycles. The predicted molar refractivity (Wildman–Crippen MR) is 86.8 cm³/mol. The van der Waals surface area contributed by atoms with Gasteiger partial charge in [-0.15, -0.1) is 0 Å². The van der Waals surface area contributed by atoms with Gasteiger partial charge in [0, 0.05) is 26.1 Å². The van der Waals surface area contributed by atoms with Gasteiger partial charge in [-0.3, -0.25) is 9.59 Å². The maximum absolute atomic E-state index is 13.9. The highest BCUT2D eigenvalue weighted by atomic mass is 19.1. The maximum atomic E-state index is 13.9. The van der Waals surface area contributed by atoms with E-state index in [4.69, 9.17) is 0 Å². The minimum Gasteiger partial charge on any atom is -0.394 e. The van der Waals surface area contributed by atoms with E-state index in [9.17, 15) is 23.5 Å². The molecule has 25 heavy (non-hydrogen) atoms. The van der Waals surface area contributed by atoms with Crippen molar-refractivity contribution in [3.8, 4) is 0 Å². The predicted octanol–water partition coefficient (Wildman–Crippen LogP) is 1.80. The Hall–Kier alpha value is -2.02. The molecule has 5 nitrogen and oxygen atoms in total. The first kappa shape index (κ1) is 17.8. The standard InChI is InChI=1S/C18H22F2N2O3/c1-11(24)22-16-5-6-21(9-12(16)8-18(22,2)10-23)17(25)14-7-13(19)3-4-15(14)20/h3-4,7,12,16,23H,5-6,8-10H2,1-2H3/t12-,16-,18+/m0/s1. The van der Waals surface area contributed by atoms with Crippen LogP contribution in [0.15, 0.2) is 18.2 Å². The molecular formula is C18H22F2N2O3. The molecule has 2 heterocycles. The Labute approximate surface area is 145 Å². The third-order valence-electron chi connectivity index (χ3n) is 5.43. The molecule has 1 aromatic carbocycles. The second kappa shape index (κ2) is 6.37. The fourth-order valence-electron chi connectivity index (χ4n) is 4.39. The van der Waals surface area contributed by atoms with Gasteiger partial charge in [-0.1, -0.05) is 0 Å². The normalized spacial score (nSPS) is 28.8. The molecule has 2 fully saturated rings. The lowest BCUT2D eigenvalue weighted by molar-refractivity contribution is -0.137. The van der Waals surface area contributed by atoms with Crippen molar-refractivity contribution < 1.29 is 23.5 Å². The summed E-state index contributed by atoms with van der Waals surface area (Å²) in [4.78, 5) is 27.9. The topological polar surface area (TPSA) is 60.9 Å². The van der Waals surface area contributed by atoms with Crippen molar-refractivity contribution in [1.29, 1.82) is 0 Å². The molecule has 0 saturated carbocycles. The Morgan fingerprint density at radius 3 is 2.72 bits per heavy atom. The fourth-order valence-corrected chi connectivity index (χ4v) is 4.39. The van der Waals surface area contributed by atoms with Gasteiger partial charge in [0.05, 0.1) is 17.7 Å². The van der Waals surface area contributed by atoms with Crippen LogP contribution in [-0.2, 0) is 4.79 Å². The number of halogens is 2. The molecule has 2 aliphatic rings. The molecule has 0 unspecified atom stereocenters. The number of fused-ring (bicyclic) bond motifs is 1. The first-order chi connectivity index (χ1) is 11.8. The van der Waals surface area contributed by atoms with Crippen LogP contribution in [0.4, 0.5) is 8.78 Å². The molecule has 0 radical (unpaired) electrons. The lowest BCUT2D eigenvalue weighted by Crippen LogP contribution is -2.53. The zero-order valence-corrected chi connectivity index (χ0v) is 14.3. The number of rotatable bonds is 2. The van der Waals surface area contributed by atoms with Crippen molar-refractivity contribution in [2.24, 2.45) is 5.92 Å². The van der Waals surface area contributed by atoms with Crippen LogP contribution in [0.3, 0.4) is 0 Å². The minimum absolute atomic E-state index is 0.00960. The maximum Gasteiger partial charge on any atom is 0.256 e. The highest BCUT2D eigenvalue weighted by molar-refractivity contribution is 5.94. The van der Waals surface area contributed by atoms with Crippen LogP contribution in [0.1, 0.15) is 37.0 Å². The summed E-state index contributed by atoms with van der Waals surface area (Å²) in [5.74, 6) is -2.03. The molecule has 2 aliphatic heterocycles. The van der Waals surface area contributed by atoms with Gasteiger partial charge in [-0.25, -0.2) is 8.78 Å². The number of hydrogen-bond acceptors (Lipinski definition) is 3. The molecule has 7 heteroatoms. The molecule has 136 valence electrons. The number of aliphatic hydroxyl groups is 1. The quantitative estimate of drug-likeness (QED) is 0.883. The second-order valence-corrected chi connectivity index (χ2v) is 7.24. The van der Waals surface area contributed by atoms with E-state index in [0.717, 1.165) is 18.2 Å². The largest absolute Gasteiger partial charge is 0.394 e. The summed E-state index contributed by atoms with van der Waals surface area (Å²) in [5.41, 5.74) is -0.922. The fraction of sp³-hybridized carbons (Fsp3) is 0.556. The van der Waals surface area contributed by atoms with Crippen LogP contribution < -0.4 is 0 Å². The summed E-state index contributed by atoms with van der Waals surface area (Å²) in [6, 6.07) is 2.80. The Morgan fingerprint density at radius 2 is 2.08 bits per heavy atom. The van der Waals surface area contributed by atoms with Crippen molar-refractivity contribution in [3.63, 3.8) is 0 Å². The number of likely N-dealkylation sites (tertiary alicyclic amines) is 2. The van der Waals surface area contributed by atoms with Crippen LogP contribution in [0.25, 0.3) is 0 Å². The first-order valence-corrected chi connectivity index (χ1v) is 8.42. The van der Waals surface area contributed by atoms with Crippen molar-refractivity contribution in [2.75, 3.05) is 19.7 Å². The van der Waals surface area contributed by atoms with E-state index < -0.39 is 23.1 Å². The van der Waals surface area contributed by atoms with Gasteiger partial charge in [0.15, 0.2) is 0 Å². The number of carbonyl (C=O) groups is 2. The van der Waals surface area contributed by atoms with Gasteiger partial charge in [-0.05, 0) is 43.9 Å². The lowest BCUT2D eigenvalue weighted by atomic mass is 9.89. The van der Waals surface area contributed by atoms with Crippen molar-refractivity contribution in [3.05, 3.63) is 35.4 Å². The molecule has 2 saturated heterocycles. The number of amides is 2. The van der Waals surface area contributed by atoms with Crippen molar-refractivity contribution in [2.45, 2.75) is 38.3 Å². The van der Waals surface area contributed by atoms with Crippen LogP contribution in [0, 0.1) is 17.6 Å². The molecule has 0 bridgehead atoms. The second-order valence-electron chi connectivity index (χ2n) is 7.24. The average Bonchev–Trinajstić information content (AvgIpc) is 2.88. The Bertz CT molecular complexity index is 712. The minimum atomic E-state index is -0.745. The number of nitrogens with zero attached hydrogens (tertiary/aromatic N) is 2. The Kier molecular flexibility index (Phi) is 4.53. The number of hydrogen-bond donors (Lipinski definition) is 1. The van der Waals surface area contributed by atoms with E-state index in [2.05, 4.69) is 0 Å². The Morgan fingerprint density at radius 1 is 1.36 bits per heavy atom. The smallest absolute Gasteiger partial charge is 0.256 e. The summed E-state index contributed by atoms with van der Waals surface area (Å²) < 4.78 is 27.3. The SMILES string of the molecule is CC(=O)N1[C@H]2CCN(C(=O)c3cc(F)ccc3F)C[C@@H]2C[C@]1(C)CO. The first-order valence-electron chi connectivity index (χ1n) is 8.42. The van der Waals surface area contributed by atoms with Gasteiger partial charge in [0.1, 0.15) is 11.6 Å². The van der Waals surface area contributed by atoms with Gasteiger partial charge in [-0.2, -0.15) is 0 Å². The van der Waals surface area contributed by atoms with E-state index in [1.807, 2.05) is 6.92 Å². The van der Waals surface area contributed by atoms with Crippen LogP contribution in [0.5, 0.6) is 0 Å². The van der Waals surface area contributed by atoms with Gasteiger partial charge < -0.3 is 14.9 Å². The highest BCUT2D eigenvalue weighted by Gasteiger charge is 2.51.